The molecule has 23 heteroatoms. The summed E-state index contributed by atoms with van der Waals surface area (Å²) in [5.41, 5.74) is 5.10. The number of rotatable bonds is 23. The van der Waals surface area contributed by atoms with Gasteiger partial charge in [0.15, 0.2) is 11.2 Å². The smallest absolute Gasteiger partial charge is 0.412 e. The minimum atomic E-state index is -1.38. The molecule has 0 bridgehead atoms. The molecule has 0 aromatic heterocycles. The Morgan fingerprint density at radius 3 is 1.23 bits per heavy atom. The summed E-state index contributed by atoms with van der Waals surface area (Å²) in [4.78, 5) is 88.1. The highest BCUT2D eigenvalue weighted by Crippen LogP contribution is 2.23. The van der Waals surface area contributed by atoms with Crippen LogP contribution in [0, 0.1) is 0 Å². The molecule has 0 radical (unpaired) electrons. The first kappa shape index (κ1) is 70.0. The second-order valence-corrected chi connectivity index (χ2v) is 20.2. The minimum absolute atomic E-state index is 0. The number of hydrogen-bond donors (Lipinski definition) is 4. The van der Waals surface area contributed by atoms with Gasteiger partial charge in [-0.25, -0.2) is 24.0 Å². The lowest BCUT2D eigenvalue weighted by Gasteiger charge is -2.27. The fraction of sp³-hybridized carbons (Fsp3) is 0.446. The third kappa shape index (κ3) is 26.5. The molecule has 0 aliphatic rings. The van der Waals surface area contributed by atoms with Crippen LogP contribution in [0.2, 0.25) is 10.0 Å². The molecular weight excluding hydrogens is 1090 g/mol. The highest BCUT2D eigenvalue weighted by Gasteiger charge is 2.35. The van der Waals surface area contributed by atoms with Crippen molar-refractivity contribution in [3.8, 4) is 11.5 Å². The van der Waals surface area contributed by atoms with Crippen molar-refractivity contribution in [2.75, 3.05) is 53.4 Å². The Balaban J connectivity index is 0.000000782. The van der Waals surface area contributed by atoms with Crippen molar-refractivity contribution in [3.05, 3.63) is 129 Å². The Kier molecular flexibility index (Phi) is 29.6. The lowest BCUT2D eigenvalue weighted by molar-refractivity contribution is -0.182. The number of nitrogens with one attached hydrogen (secondary N) is 3. The van der Waals surface area contributed by atoms with Gasteiger partial charge in [0.1, 0.15) is 17.1 Å². The average molecular weight is 1160 g/mol. The van der Waals surface area contributed by atoms with E-state index in [2.05, 4.69) is 16.0 Å². The van der Waals surface area contributed by atoms with Crippen LogP contribution in [0.25, 0.3) is 0 Å². The minimum Gasteiger partial charge on any atom is -0.476 e. The molecular formula is C56H77Cl3N6O14. The molecule has 436 valence electrons. The van der Waals surface area contributed by atoms with Crippen LogP contribution in [0.5, 0.6) is 11.5 Å². The molecule has 4 rings (SSSR count). The van der Waals surface area contributed by atoms with Crippen LogP contribution in [0.1, 0.15) is 102 Å². The van der Waals surface area contributed by atoms with Crippen LogP contribution in [-0.2, 0) is 46.1 Å². The Morgan fingerprint density at radius 2 is 0.886 bits per heavy atom. The number of esters is 2. The van der Waals surface area contributed by atoms with Crippen LogP contribution in [-0.4, -0.2) is 135 Å². The highest BCUT2D eigenvalue weighted by molar-refractivity contribution is 6.31. The summed E-state index contributed by atoms with van der Waals surface area (Å²) in [5.74, 6) is -0.873. The number of ether oxygens (including phenoxy) is 7. The maximum atomic E-state index is 12.7. The van der Waals surface area contributed by atoms with Gasteiger partial charge < -0.3 is 64.6 Å². The van der Waals surface area contributed by atoms with Gasteiger partial charge in [-0.15, -0.1) is 12.4 Å². The molecule has 4 aromatic carbocycles. The molecule has 0 aliphatic heterocycles. The van der Waals surface area contributed by atoms with E-state index < -0.39 is 59.6 Å². The van der Waals surface area contributed by atoms with Gasteiger partial charge in [0.2, 0.25) is 12.6 Å². The zero-order valence-corrected chi connectivity index (χ0v) is 48.2. The maximum absolute atomic E-state index is 12.7. The van der Waals surface area contributed by atoms with Gasteiger partial charge in [-0.2, -0.15) is 0 Å². The van der Waals surface area contributed by atoms with Crippen molar-refractivity contribution < 1.29 is 66.7 Å². The zero-order chi connectivity index (χ0) is 57.5. The molecule has 2 atom stereocenters. The van der Waals surface area contributed by atoms with E-state index in [4.69, 9.17) is 62.1 Å². The maximum Gasteiger partial charge on any atom is 0.412 e. The molecule has 4 aromatic rings. The van der Waals surface area contributed by atoms with Crippen molar-refractivity contribution in [2.45, 2.75) is 112 Å². The number of carbonyl (C=O) groups is 7. The number of alkyl carbamates (subject to hydrolysis) is 1. The normalized spacial score (nSPS) is 11.6. The van der Waals surface area contributed by atoms with Crippen LogP contribution in [0.15, 0.2) is 97.1 Å². The largest absolute Gasteiger partial charge is 0.476 e. The quantitative estimate of drug-likeness (QED) is 0.0307. The average Bonchev–Trinajstić information content (AvgIpc) is 3.34. The summed E-state index contributed by atoms with van der Waals surface area (Å²) in [6.07, 6.45) is -3.04. The van der Waals surface area contributed by atoms with Crippen molar-refractivity contribution in [1.29, 1.82) is 0 Å². The molecule has 0 saturated carbocycles. The topological polar surface area (TPSA) is 253 Å². The second-order valence-electron chi connectivity index (χ2n) is 19.3. The van der Waals surface area contributed by atoms with E-state index in [1.54, 1.807) is 121 Å². The lowest BCUT2D eigenvalue weighted by Crippen LogP contribution is -2.43. The monoisotopic (exact) mass is 1160 g/mol. The van der Waals surface area contributed by atoms with Gasteiger partial charge in [-0.1, -0.05) is 54.9 Å². The molecule has 0 fully saturated rings. The molecule has 79 heavy (non-hydrogen) atoms. The van der Waals surface area contributed by atoms with Crippen LogP contribution in [0.4, 0.5) is 14.4 Å². The van der Waals surface area contributed by atoms with Gasteiger partial charge in [-0.3, -0.25) is 9.59 Å². The van der Waals surface area contributed by atoms with Crippen molar-refractivity contribution in [2.24, 2.45) is 5.73 Å². The molecule has 5 amide bonds. The van der Waals surface area contributed by atoms with E-state index >= 15 is 0 Å². The number of nitrogens with zero attached hydrogens (tertiary/aromatic N) is 2. The summed E-state index contributed by atoms with van der Waals surface area (Å²) in [6.45, 7) is 16.1. The van der Waals surface area contributed by atoms with E-state index in [0.29, 0.717) is 65.1 Å². The van der Waals surface area contributed by atoms with Crippen LogP contribution < -0.4 is 31.2 Å². The zero-order valence-electron chi connectivity index (χ0n) is 45.9. The van der Waals surface area contributed by atoms with Gasteiger partial charge in [-0.05, 0) is 145 Å². The number of nitrogens with two attached hydrogens (primary N) is 1. The Hall–Kier alpha value is -7.00. The summed E-state index contributed by atoms with van der Waals surface area (Å²) in [6, 6.07) is 27.6. The van der Waals surface area contributed by atoms with Gasteiger partial charge >= 0.3 is 30.2 Å². The fourth-order valence-corrected chi connectivity index (χ4v) is 6.53. The van der Waals surface area contributed by atoms with Crippen LogP contribution in [0.3, 0.4) is 0 Å². The SMILES string of the molecule is C.CC(OC(=O)N(C)CCN)OC(=O)C(C)(C)Oc1ccc(CCNC(=O)c2ccc(Cl)cc2)cc1.CC(OC(=O)N(C)CCNC(=O)OC(C)(C)C)OC(=O)C(C)(C)Oc1ccc(CCNC(=O)c2ccc(Cl)cc2)cc1.Cl. The first-order chi connectivity index (χ1) is 36.1. The van der Waals surface area contributed by atoms with Gasteiger partial charge in [0, 0.05) is 88.4 Å². The number of hydrogen-bond acceptors (Lipinski definition) is 15. The molecule has 0 spiro atoms. The van der Waals surface area contributed by atoms with Gasteiger partial charge in [0.25, 0.3) is 11.8 Å². The molecule has 20 nitrogen and oxygen atoms in total. The van der Waals surface area contributed by atoms with Crippen molar-refractivity contribution >= 4 is 77.6 Å². The Bertz CT molecular complexity index is 2560. The van der Waals surface area contributed by atoms with E-state index in [1.807, 2.05) is 24.3 Å². The number of benzene rings is 4. The van der Waals surface area contributed by atoms with E-state index in [1.165, 1.54) is 37.7 Å². The molecule has 5 N–H and O–H groups in total. The first-order valence-electron chi connectivity index (χ1n) is 24.6. The Labute approximate surface area is 479 Å². The molecule has 2 unspecified atom stereocenters. The third-order valence-electron chi connectivity index (χ3n) is 10.5. The molecule has 0 heterocycles. The number of amides is 5. The fourth-order valence-electron chi connectivity index (χ4n) is 6.28. The Morgan fingerprint density at radius 1 is 0.532 bits per heavy atom. The molecule has 0 saturated heterocycles. The highest BCUT2D eigenvalue weighted by atomic mass is 35.5. The van der Waals surface area contributed by atoms with E-state index in [9.17, 15) is 33.6 Å². The summed E-state index contributed by atoms with van der Waals surface area (Å²) in [5, 5.41) is 9.40. The van der Waals surface area contributed by atoms with E-state index in [-0.39, 0.29) is 51.3 Å². The predicted octanol–water partition coefficient (Wildman–Crippen LogP) is 9.40. The van der Waals surface area contributed by atoms with Crippen LogP contribution >= 0.6 is 35.6 Å². The number of carbonyl (C=O) groups excluding carboxylic acids is 7. The van der Waals surface area contributed by atoms with Crippen molar-refractivity contribution in [3.63, 3.8) is 0 Å². The summed E-state index contributed by atoms with van der Waals surface area (Å²) >= 11 is 11.7. The first-order valence-corrected chi connectivity index (χ1v) is 25.4. The summed E-state index contributed by atoms with van der Waals surface area (Å²) in [7, 11) is 3.02. The second kappa shape index (κ2) is 33.4. The summed E-state index contributed by atoms with van der Waals surface area (Å²) < 4.78 is 37.5. The number of likely N-dealkylation sites (N-methyl/N-ethyl adjacent to an activating group) is 2. The molecule has 0 aliphatic carbocycles. The lowest BCUT2D eigenvalue weighted by atomic mass is 10.1. The predicted molar refractivity (Wildman–Crippen MR) is 304 cm³/mol. The third-order valence-corrected chi connectivity index (χ3v) is 11.0. The van der Waals surface area contributed by atoms with E-state index in [0.717, 1.165) is 11.1 Å². The standard InChI is InChI=1S/C30H40ClN3O8.C25H32ClN3O6.CH4.ClH/c1-20(40-28(38)34(7)19-18-33-27(37)42-29(2,3)4)39-26(36)30(5,6)41-24-14-8-21(9-15-24)16-17-32-25(35)22-10-12-23(31)13-11-22;1-17(34-24(32)29(4)16-14-27)33-23(31)25(2,3)35-21-11-5-18(6-12-21)13-15-28-22(30)19-7-9-20(26)10-8-19;;/h8-15,20H,16-19H2,1-7H3,(H,32,35)(H,33,37);5-12,17H,13-16,27H2,1-4H3,(H,28,30);1H4;1H. The number of halogens is 3. The van der Waals surface area contributed by atoms with Crippen molar-refractivity contribution in [1.82, 2.24) is 25.8 Å². The van der Waals surface area contributed by atoms with Gasteiger partial charge in [0.05, 0.1) is 0 Å².